The van der Waals surface area contributed by atoms with Gasteiger partial charge >= 0.3 is 0 Å². The molecule has 0 spiro atoms. The molecule has 0 saturated carbocycles. The van der Waals surface area contributed by atoms with Gasteiger partial charge in [0.25, 0.3) is 0 Å². The van der Waals surface area contributed by atoms with Crippen LogP contribution in [0.25, 0.3) is 11.1 Å². The Kier molecular flexibility index (Phi) is 3.46. The molecule has 0 atom stereocenters. The minimum Gasteiger partial charge on any atom is -0.446 e. The summed E-state index contributed by atoms with van der Waals surface area (Å²) in [7, 11) is 0. The van der Waals surface area contributed by atoms with Gasteiger partial charge < -0.3 is 14.6 Å². The maximum atomic E-state index is 5.29. The van der Waals surface area contributed by atoms with Gasteiger partial charge in [0.05, 0.1) is 11.6 Å². The molecular formula is C14H19N3O. The number of fused-ring (bicyclic) bond motifs is 1. The van der Waals surface area contributed by atoms with E-state index in [0.717, 1.165) is 24.2 Å². The second kappa shape index (κ2) is 5.40. The number of likely N-dealkylation sites (tertiary alicyclic amines) is 1. The van der Waals surface area contributed by atoms with Crippen molar-refractivity contribution in [2.24, 2.45) is 0 Å². The minimum absolute atomic E-state index is 0.706. The van der Waals surface area contributed by atoms with Crippen molar-refractivity contribution < 1.29 is 4.42 Å². The van der Waals surface area contributed by atoms with Crippen LogP contribution < -0.4 is 5.32 Å². The molecule has 2 aromatic heterocycles. The molecule has 2 aromatic rings. The molecule has 4 heteroatoms. The largest absolute Gasteiger partial charge is 0.446 e. The van der Waals surface area contributed by atoms with Crippen molar-refractivity contribution in [1.82, 2.24) is 9.88 Å². The maximum absolute atomic E-state index is 5.29. The van der Waals surface area contributed by atoms with Gasteiger partial charge in [-0.1, -0.05) is 6.42 Å². The van der Waals surface area contributed by atoms with Gasteiger partial charge in [0.15, 0.2) is 0 Å². The molecule has 0 bridgehead atoms. The molecule has 0 aliphatic carbocycles. The van der Waals surface area contributed by atoms with Crippen LogP contribution in [0, 0.1) is 0 Å². The lowest BCUT2D eigenvalue weighted by atomic mass is 10.1. The highest BCUT2D eigenvalue weighted by molar-refractivity contribution is 5.87. The van der Waals surface area contributed by atoms with Crippen molar-refractivity contribution in [1.29, 1.82) is 0 Å². The third kappa shape index (κ3) is 2.48. The molecule has 1 N–H and O–H groups in total. The summed E-state index contributed by atoms with van der Waals surface area (Å²) in [6.45, 7) is 4.59. The number of anilines is 1. The molecule has 3 rings (SSSR count). The lowest BCUT2D eigenvalue weighted by molar-refractivity contribution is 0.237. The standard InChI is InChI=1S/C14H19N3O/c1-2-8-17(9-3-1)10-7-15-13-4-6-16-14-12(13)5-11-18-14/h4-6,11H,1-3,7-10H2,(H,15,16). The van der Waals surface area contributed by atoms with Crippen LogP contribution in [-0.2, 0) is 0 Å². The number of nitrogens with zero attached hydrogens (tertiary/aromatic N) is 2. The Morgan fingerprint density at radius 2 is 2.11 bits per heavy atom. The molecule has 1 saturated heterocycles. The van der Waals surface area contributed by atoms with Gasteiger partial charge in [-0.05, 0) is 38.1 Å². The summed E-state index contributed by atoms with van der Waals surface area (Å²) in [4.78, 5) is 6.71. The Bertz CT molecular complexity index is 502. The highest BCUT2D eigenvalue weighted by atomic mass is 16.3. The molecule has 0 radical (unpaired) electrons. The van der Waals surface area contributed by atoms with Crippen molar-refractivity contribution in [2.75, 3.05) is 31.5 Å². The van der Waals surface area contributed by atoms with E-state index in [-0.39, 0.29) is 0 Å². The number of rotatable bonds is 4. The van der Waals surface area contributed by atoms with Gasteiger partial charge in [0, 0.05) is 25.0 Å². The van der Waals surface area contributed by atoms with E-state index in [2.05, 4.69) is 15.2 Å². The van der Waals surface area contributed by atoms with Gasteiger partial charge in [-0.25, -0.2) is 4.98 Å². The first-order chi connectivity index (χ1) is 8.93. The van der Waals surface area contributed by atoms with E-state index >= 15 is 0 Å². The fraction of sp³-hybridized carbons (Fsp3) is 0.500. The van der Waals surface area contributed by atoms with E-state index in [9.17, 15) is 0 Å². The Hall–Kier alpha value is -1.55. The quantitative estimate of drug-likeness (QED) is 0.899. The van der Waals surface area contributed by atoms with Gasteiger partial charge in [0.1, 0.15) is 0 Å². The number of aromatic nitrogens is 1. The average molecular weight is 245 g/mol. The van der Waals surface area contributed by atoms with Crippen LogP contribution >= 0.6 is 0 Å². The smallest absolute Gasteiger partial charge is 0.227 e. The first-order valence-corrected chi connectivity index (χ1v) is 6.72. The number of hydrogen-bond donors (Lipinski definition) is 1. The van der Waals surface area contributed by atoms with Gasteiger partial charge in [0.2, 0.25) is 5.71 Å². The predicted molar refractivity (Wildman–Crippen MR) is 72.8 cm³/mol. The molecular weight excluding hydrogens is 226 g/mol. The van der Waals surface area contributed by atoms with Crippen LogP contribution in [0.2, 0.25) is 0 Å². The van der Waals surface area contributed by atoms with Crippen LogP contribution in [-0.4, -0.2) is 36.1 Å². The number of nitrogens with one attached hydrogen (secondary N) is 1. The lowest BCUT2D eigenvalue weighted by Gasteiger charge is -2.26. The molecule has 0 aromatic carbocycles. The Balaban J connectivity index is 1.57. The van der Waals surface area contributed by atoms with Gasteiger partial charge in [-0.2, -0.15) is 0 Å². The van der Waals surface area contributed by atoms with Crippen LogP contribution in [0.4, 0.5) is 5.69 Å². The van der Waals surface area contributed by atoms with Crippen molar-refractivity contribution >= 4 is 16.8 Å². The summed E-state index contributed by atoms with van der Waals surface area (Å²) in [5, 5.41) is 4.55. The molecule has 0 amide bonds. The fourth-order valence-corrected chi connectivity index (χ4v) is 2.56. The van der Waals surface area contributed by atoms with Gasteiger partial charge in [-0.3, -0.25) is 0 Å². The topological polar surface area (TPSA) is 41.3 Å². The highest BCUT2D eigenvalue weighted by Gasteiger charge is 2.09. The average Bonchev–Trinajstić information content (AvgIpc) is 2.89. The zero-order valence-corrected chi connectivity index (χ0v) is 10.6. The van der Waals surface area contributed by atoms with Gasteiger partial charge in [-0.15, -0.1) is 0 Å². The number of hydrogen-bond acceptors (Lipinski definition) is 4. The monoisotopic (exact) mass is 245 g/mol. The second-order valence-electron chi connectivity index (χ2n) is 4.83. The highest BCUT2D eigenvalue weighted by Crippen LogP contribution is 2.21. The van der Waals surface area contributed by atoms with Crippen molar-refractivity contribution in [2.45, 2.75) is 19.3 Å². The maximum Gasteiger partial charge on any atom is 0.227 e. The molecule has 3 heterocycles. The third-order valence-electron chi connectivity index (χ3n) is 3.56. The number of furan rings is 1. The third-order valence-corrected chi connectivity index (χ3v) is 3.56. The number of piperidine rings is 1. The molecule has 1 fully saturated rings. The minimum atomic E-state index is 0.706. The molecule has 0 unspecified atom stereocenters. The van der Waals surface area contributed by atoms with Crippen LogP contribution in [0.1, 0.15) is 19.3 Å². The van der Waals surface area contributed by atoms with E-state index in [1.807, 2.05) is 12.1 Å². The van der Waals surface area contributed by atoms with E-state index in [1.54, 1.807) is 12.5 Å². The zero-order chi connectivity index (χ0) is 12.2. The Morgan fingerprint density at radius 1 is 1.22 bits per heavy atom. The lowest BCUT2D eigenvalue weighted by Crippen LogP contribution is -2.33. The van der Waals surface area contributed by atoms with Crippen LogP contribution in [0.15, 0.2) is 29.0 Å². The summed E-state index contributed by atoms with van der Waals surface area (Å²) < 4.78 is 5.29. The predicted octanol–water partition coefficient (Wildman–Crippen LogP) is 2.73. The molecule has 1 aliphatic heterocycles. The Morgan fingerprint density at radius 3 is 3.00 bits per heavy atom. The normalized spacial score (nSPS) is 17.1. The summed E-state index contributed by atoms with van der Waals surface area (Å²) in [6.07, 6.45) is 7.56. The summed E-state index contributed by atoms with van der Waals surface area (Å²) in [6, 6.07) is 3.97. The summed E-state index contributed by atoms with van der Waals surface area (Å²) >= 11 is 0. The first kappa shape index (κ1) is 11.5. The van der Waals surface area contributed by atoms with Crippen LogP contribution in [0.5, 0.6) is 0 Å². The summed E-state index contributed by atoms with van der Waals surface area (Å²) in [5.74, 6) is 0. The van der Waals surface area contributed by atoms with Crippen molar-refractivity contribution in [3.8, 4) is 0 Å². The SMILES string of the molecule is c1cc(NCCN2CCCCC2)c2ccoc2n1. The molecule has 1 aliphatic rings. The van der Waals surface area contributed by atoms with E-state index < -0.39 is 0 Å². The van der Waals surface area contributed by atoms with Crippen molar-refractivity contribution in [3.05, 3.63) is 24.6 Å². The first-order valence-electron chi connectivity index (χ1n) is 6.72. The molecule has 18 heavy (non-hydrogen) atoms. The number of pyridine rings is 1. The van der Waals surface area contributed by atoms with E-state index in [0.29, 0.717) is 5.71 Å². The Labute approximate surface area is 107 Å². The molecule has 4 nitrogen and oxygen atoms in total. The molecule has 96 valence electrons. The zero-order valence-electron chi connectivity index (χ0n) is 10.6. The van der Waals surface area contributed by atoms with E-state index in [1.165, 1.54) is 32.4 Å². The second-order valence-corrected chi connectivity index (χ2v) is 4.83. The van der Waals surface area contributed by atoms with Crippen molar-refractivity contribution in [3.63, 3.8) is 0 Å². The van der Waals surface area contributed by atoms with Crippen LogP contribution in [0.3, 0.4) is 0 Å². The summed E-state index contributed by atoms with van der Waals surface area (Å²) in [5.41, 5.74) is 1.82. The van der Waals surface area contributed by atoms with E-state index in [4.69, 9.17) is 4.42 Å². The fourth-order valence-electron chi connectivity index (χ4n) is 2.56.